The van der Waals surface area contributed by atoms with Crippen LogP contribution in [0, 0.1) is 30.0 Å². The smallest absolute Gasteiger partial charge is 0.297 e. The van der Waals surface area contributed by atoms with Gasteiger partial charge in [-0.1, -0.05) is 56.0 Å². The number of carbonyl (C=O) groups excluding carboxylic acids is 3. The molecule has 1 saturated heterocycles. The van der Waals surface area contributed by atoms with E-state index in [1.54, 1.807) is 11.8 Å². The first-order chi connectivity index (χ1) is 26.4. The SMILES string of the molecule is Cc1cc(F)cc(C[C@H]2CCCCC/C=C\[C@H]3C[C@@]3(C(=O)NS(=O)(=O)C3(C)CC3)CC(=O)[C@@H]3C[C@@H](Oc4nc5ccccc5n4C4CCCC4)CN3C2=O)c1. The Morgan fingerprint density at radius 1 is 1.04 bits per heavy atom. The molecule has 3 aromatic rings. The standard InChI is InChI=1S/C43H53FN4O6S/c1-28-20-29(23-32(44)21-28)22-30-12-6-4-3-5-7-13-31-25-43(31,40(51)46-55(52,53)42(2)18-19-42)26-38(49)37-24-34(27-47(37)39(30)50)54-41-45-35-16-10-11-17-36(35)48(41)33-14-8-9-15-33/h7,10-11,13,16-17,20-21,23,30-31,33-34,37H,3-6,8-9,12,14-15,18-19,22,24-27H2,1-2H3,(H,46,51)/b13-7-/t30-,31+,34-,37+,43-/m1/s1. The monoisotopic (exact) mass is 772 g/mol. The topological polar surface area (TPSA) is 128 Å². The quantitative estimate of drug-likeness (QED) is 0.238. The van der Waals surface area contributed by atoms with Crippen LogP contribution in [-0.4, -0.2) is 63.9 Å². The van der Waals surface area contributed by atoms with Crippen molar-refractivity contribution in [2.24, 2.45) is 17.3 Å². The summed E-state index contributed by atoms with van der Waals surface area (Å²) in [5.74, 6) is -2.22. The van der Waals surface area contributed by atoms with Crippen LogP contribution in [0.4, 0.5) is 4.39 Å². The van der Waals surface area contributed by atoms with Crippen molar-refractivity contribution in [2.75, 3.05) is 6.54 Å². The van der Waals surface area contributed by atoms with Gasteiger partial charge in [0.1, 0.15) is 11.9 Å². The summed E-state index contributed by atoms with van der Waals surface area (Å²) in [6.45, 7) is 3.63. The number of hydrogen-bond donors (Lipinski definition) is 1. The van der Waals surface area contributed by atoms with E-state index in [9.17, 15) is 27.2 Å². The summed E-state index contributed by atoms with van der Waals surface area (Å²) in [6.07, 6.45) is 13.4. The predicted molar refractivity (Wildman–Crippen MR) is 207 cm³/mol. The number of Topliss-reactive ketones (excluding diaryl/α,β-unsaturated/α-hetero) is 1. The van der Waals surface area contributed by atoms with Crippen molar-refractivity contribution in [2.45, 2.75) is 133 Å². The summed E-state index contributed by atoms with van der Waals surface area (Å²) in [6, 6.07) is 12.7. The van der Waals surface area contributed by atoms with E-state index in [-0.39, 0.29) is 48.9 Å². The van der Waals surface area contributed by atoms with Gasteiger partial charge >= 0.3 is 0 Å². The highest BCUT2D eigenvalue weighted by Gasteiger charge is 2.62. The number of rotatable bonds is 8. The molecule has 1 aromatic heterocycles. The van der Waals surface area contributed by atoms with E-state index in [1.165, 1.54) is 12.1 Å². The summed E-state index contributed by atoms with van der Waals surface area (Å²) >= 11 is 0. The number of benzene rings is 2. The fraction of sp³-hybridized carbons (Fsp3) is 0.581. The molecule has 0 bridgehead atoms. The van der Waals surface area contributed by atoms with Crippen molar-refractivity contribution in [1.29, 1.82) is 0 Å². The third kappa shape index (κ3) is 7.59. The number of para-hydroxylation sites is 2. The zero-order valence-electron chi connectivity index (χ0n) is 32.0. The average molecular weight is 773 g/mol. The number of sulfonamides is 1. The van der Waals surface area contributed by atoms with Crippen LogP contribution in [0.1, 0.15) is 114 Å². The number of hydrogen-bond acceptors (Lipinski definition) is 7. The van der Waals surface area contributed by atoms with Crippen LogP contribution in [0.15, 0.2) is 54.6 Å². The number of carbonyl (C=O) groups is 3. The van der Waals surface area contributed by atoms with Crippen molar-refractivity contribution >= 4 is 38.7 Å². The van der Waals surface area contributed by atoms with E-state index in [4.69, 9.17) is 9.72 Å². The lowest BCUT2D eigenvalue weighted by Crippen LogP contribution is -2.47. The number of aryl methyl sites for hydroxylation is 1. The van der Waals surface area contributed by atoms with E-state index in [0.717, 1.165) is 73.5 Å². The Labute approximate surface area is 323 Å². The molecule has 10 nitrogen and oxygen atoms in total. The Hall–Kier alpha value is -4.06. The molecule has 294 valence electrons. The van der Waals surface area contributed by atoms with Crippen molar-refractivity contribution in [3.8, 4) is 6.01 Å². The van der Waals surface area contributed by atoms with E-state index in [2.05, 4.69) is 9.29 Å². The molecule has 8 rings (SSSR count). The van der Waals surface area contributed by atoms with Crippen LogP contribution in [0.2, 0.25) is 0 Å². The lowest BCUT2D eigenvalue weighted by atomic mass is 9.89. The van der Waals surface area contributed by atoms with Gasteiger partial charge in [-0.05, 0) is 113 Å². The normalized spacial score (nSPS) is 29.3. The van der Waals surface area contributed by atoms with Crippen molar-refractivity contribution in [3.63, 3.8) is 0 Å². The molecule has 0 spiro atoms. The molecule has 2 amide bonds. The lowest BCUT2D eigenvalue weighted by molar-refractivity contribution is -0.142. The first-order valence-corrected chi connectivity index (χ1v) is 21.8. The number of aromatic nitrogens is 2. The molecule has 3 saturated carbocycles. The number of imidazole rings is 1. The Balaban J connectivity index is 1.12. The minimum Gasteiger partial charge on any atom is -0.459 e. The second-order valence-corrected chi connectivity index (χ2v) is 19.5. The van der Waals surface area contributed by atoms with Crippen molar-refractivity contribution < 1.29 is 31.9 Å². The molecule has 5 aliphatic rings. The molecule has 4 fully saturated rings. The Bertz CT molecular complexity index is 2100. The van der Waals surface area contributed by atoms with E-state index in [0.29, 0.717) is 38.1 Å². The lowest BCUT2D eigenvalue weighted by Gasteiger charge is -2.29. The van der Waals surface area contributed by atoms with Gasteiger partial charge in [-0.25, -0.2) is 12.8 Å². The number of fused-ring (bicyclic) bond motifs is 3. The number of halogens is 1. The number of nitrogens with zero attached hydrogens (tertiary/aromatic N) is 3. The van der Waals surface area contributed by atoms with Crippen LogP contribution in [0.3, 0.4) is 0 Å². The maximum atomic E-state index is 14.8. The van der Waals surface area contributed by atoms with Gasteiger partial charge in [0.25, 0.3) is 6.01 Å². The van der Waals surface area contributed by atoms with Gasteiger partial charge in [-0.15, -0.1) is 0 Å². The number of ketones is 1. The molecule has 2 aromatic carbocycles. The summed E-state index contributed by atoms with van der Waals surface area (Å²) < 4.78 is 51.4. The van der Waals surface area contributed by atoms with Crippen molar-refractivity contribution in [3.05, 3.63) is 71.6 Å². The summed E-state index contributed by atoms with van der Waals surface area (Å²) in [4.78, 5) is 50.1. The van der Waals surface area contributed by atoms with E-state index >= 15 is 0 Å². The van der Waals surface area contributed by atoms with Gasteiger partial charge in [-0.2, -0.15) is 4.98 Å². The molecular formula is C43H53FN4O6S. The van der Waals surface area contributed by atoms with Crippen LogP contribution in [-0.2, 0) is 30.8 Å². The largest absolute Gasteiger partial charge is 0.459 e. The Morgan fingerprint density at radius 2 is 1.80 bits per heavy atom. The molecular weight excluding hydrogens is 720 g/mol. The minimum atomic E-state index is -3.92. The highest BCUT2D eigenvalue weighted by molar-refractivity contribution is 7.91. The van der Waals surface area contributed by atoms with Crippen LogP contribution in [0.25, 0.3) is 11.0 Å². The zero-order chi connectivity index (χ0) is 38.5. The fourth-order valence-corrected chi connectivity index (χ4v) is 10.7. The van der Waals surface area contributed by atoms with Gasteiger partial charge in [0.2, 0.25) is 21.8 Å². The Kier molecular flexibility index (Phi) is 10.2. The zero-order valence-corrected chi connectivity index (χ0v) is 32.8. The maximum absolute atomic E-state index is 14.8. The second-order valence-electron chi connectivity index (χ2n) is 17.3. The minimum absolute atomic E-state index is 0.164. The third-order valence-corrected chi connectivity index (χ3v) is 15.2. The molecule has 12 heteroatoms. The molecule has 1 N–H and O–H groups in total. The fourth-order valence-electron chi connectivity index (χ4n) is 9.40. The number of nitrogens with one attached hydrogen (secondary N) is 1. The first kappa shape index (κ1) is 37.8. The van der Waals surface area contributed by atoms with Gasteiger partial charge in [0.15, 0.2) is 5.78 Å². The van der Waals surface area contributed by atoms with Gasteiger partial charge in [0, 0.05) is 24.8 Å². The molecule has 2 aliphatic heterocycles. The molecule has 55 heavy (non-hydrogen) atoms. The van der Waals surface area contributed by atoms with E-state index in [1.807, 2.05) is 49.4 Å². The van der Waals surface area contributed by atoms with Crippen LogP contribution in [0.5, 0.6) is 6.01 Å². The summed E-state index contributed by atoms with van der Waals surface area (Å²) in [7, 11) is -3.92. The maximum Gasteiger partial charge on any atom is 0.297 e. The second kappa shape index (κ2) is 14.8. The van der Waals surface area contributed by atoms with Gasteiger partial charge in [-0.3, -0.25) is 23.7 Å². The van der Waals surface area contributed by atoms with Crippen LogP contribution < -0.4 is 9.46 Å². The molecule has 0 radical (unpaired) electrons. The van der Waals surface area contributed by atoms with Crippen molar-refractivity contribution in [1.82, 2.24) is 19.2 Å². The number of allylic oxidation sites excluding steroid dienone is 2. The molecule has 3 aliphatic carbocycles. The molecule has 0 unspecified atom stereocenters. The third-order valence-electron chi connectivity index (χ3n) is 13.1. The highest BCUT2D eigenvalue weighted by Crippen LogP contribution is 2.57. The summed E-state index contributed by atoms with van der Waals surface area (Å²) in [5.41, 5.74) is 2.11. The Morgan fingerprint density at radius 3 is 2.56 bits per heavy atom. The van der Waals surface area contributed by atoms with Gasteiger partial charge in [0.05, 0.1) is 33.8 Å². The van der Waals surface area contributed by atoms with Crippen LogP contribution >= 0.6 is 0 Å². The molecule has 3 heterocycles. The average Bonchev–Trinajstić information content (AvgIpc) is 3.79. The summed E-state index contributed by atoms with van der Waals surface area (Å²) in [5, 5.41) is 0. The number of ether oxygens (including phenoxy) is 1. The van der Waals surface area contributed by atoms with Gasteiger partial charge < -0.3 is 9.64 Å². The highest BCUT2D eigenvalue weighted by atomic mass is 32.2. The van der Waals surface area contributed by atoms with E-state index < -0.39 is 44.2 Å². The first-order valence-electron chi connectivity index (χ1n) is 20.3. The number of amides is 2. The predicted octanol–water partition coefficient (Wildman–Crippen LogP) is 7.29. The molecule has 5 atom stereocenters.